The van der Waals surface area contributed by atoms with Crippen LogP contribution in [0.4, 0.5) is 0 Å². The van der Waals surface area contributed by atoms with Gasteiger partial charge in [-0.1, -0.05) is 19.1 Å². The van der Waals surface area contributed by atoms with Crippen molar-refractivity contribution in [3.63, 3.8) is 0 Å². The van der Waals surface area contributed by atoms with Gasteiger partial charge in [0.05, 0.1) is 18.8 Å². The lowest BCUT2D eigenvalue weighted by molar-refractivity contribution is 0.410. The monoisotopic (exact) mass is 273 g/mol. The molecule has 1 aromatic carbocycles. The molecule has 1 N–H and O–H groups in total. The molecule has 4 heteroatoms. The maximum Gasteiger partial charge on any atom is 0.122 e. The Kier molecular flexibility index (Phi) is 4.79. The third-order valence-electron chi connectivity index (χ3n) is 3.52. The lowest BCUT2D eigenvalue weighted by Gasteiger charge is -2.20. The van der Waals surface area contributed by atoms with Crippen LogP contribution in [-0.2, 0) is 7.05 Å². The zero-order valence-electron chi connectivity index (χ0n) is 12.7. The predicted octanol–water partition coefficient (Wildman–Crippen LogP) is 2.83. The molecular formula is C16H23N3O. The van der Waals surface area contributed by atoms with E-state index < -0.39 is 0 Å². The molecule has 2 aromatic rings. The van der Waals surface area contributed by atoms with Gasteiger partial charge in [0.15, 0.2) is 0 Å². The Labute approximate surface area is 120 Å². The molecule has 1 atom stereocenters. The second-order valence-electron chi connectivity index (χ2n) is 5.00. The first-order valence-corrected chi connectivity index (χ1v) is 7.03. The molecular weight excluding hydrogens is 250 g/mol. The smallest absolute Gasteiger partial charge is 0.122 e. The van der Waals surface area contributed by atoms with Crippen LogP contribution in [-0.4, -0.2) is 23.4 Å². The molecule has 0 spiro atoms. The van der Waals surface area contributed by atoms with Crippen molar-refractivity contribution in [1.29, 1.82) is 0 Å². The van der Waals surface area contributed by atoms with Gasteiger partial charge in [0.1, 0.15) is 5.75 Å². The number of aryl methyl sites for hydroxylation is 2. The molecule has 0 saturated carbocycles. The van der Waals surface area contributed by atoms with Crippen molar-refractivity contribution in [1.82, 2.24) is 15.1 Å². The van der Waals surface area contributed by atoms with Crippen molar-refractivity contribution in [3.8, 4) is 5.75 Å². The number of rotatable bonds is 6. The lowest BCUT2D eigenvalue weighted by Crippen LogP contribution is -2.25. The molecule has 1 unspecified atom stereocenters. The van der Waals surface area contributed by atoms with Gasteiger partial charge in [0.25, 0.3) is 0 Å². The second-order valence-corrected chi connectivity index (χ2v) is 5.00. The molecule has 0 amide bonds. The van der Waals surface area contributed by atoms with Crippen molar-refractivity contribution >= 4 is 0 Å². The van der Waals surface area contributed by atoms with Crippen LogP contribution in [0.3, 0.4) is 0 Å². The number of hydrogen-bond donors (Lipinski definition) is 1. The van der Waals surface area contributed by atoms with Crippen molar-refractivity contribution in [2.24, 2.45) is 7.05 Å². The molecule has 0 aliphatic rings. The quantitative estimate of drug-likeness (QED) is 0.879. The average Bonchev–Trinajstić information content (AvgIpc) is 2.87. The highest BCUT2D eigenvalue weighted by Gasteiger charge is 2.17. The second kappa shape index (κ2) is 6.57. The normalized spacial score (nSPS) is 12.4. The Hall–Kier alpha value is -1.81. The molecule has 0 aliphatic heterocycles. The largest absolute Gasteiger partial charge is 0.496 e. The highest BCUT2D eigenvalue weighted by atomic mass is 16.5. The van der Waals surface area contributed by atoms with Crippen LogP contribution >= 0.6 is 0 Å². The van der Waals surface area contributed by atoms with Gasteiger partial charge < -0.3 is 10.1 Å². The fourth-order valence-corrected chi connectivity index (χ4v) is 2.37. The van der Waals surface area contributed by atoms with E-state index in [1.165, 1.54) is 5.56 Å². The summed E-state index contributed by atoms with van der Waals surface area (Å²) in [6.07, 6.45) is 2.93. The fraction of sp³-hybridized carbons (Fsp3) is 0.438. The first-order chi connectivity index (χ1) is 9.67. The summed E-state index contributed by atoms with van der Waals surface area (Å²) in [6.45, 7) is 5.19. The Balaban J connectivity index is 2.38. The van der Waals surface area contributed by atoms with E-state index >= 15 is 0 Å². The highest BCUT2D eigenvalue weighted by molar-refractivity contribution is 5.40. The summed E-state index contributed by atoms with van der Waals surface area (Å²) >= 11 is 0. The summed E-state index contributed by atoms with van der Waals surface area (Å²) in [5.74, 6) is 0.924. The zero-order chi connectivity index (χ0) is 14.5. The van der Waals surface area contributed by atoms with E-state index in [2.05, 4.69) is 48.5 Å². The fourth-order valence-electron chi connectivity index (χ4n) is 2.37. The minimum atomic E-state index is 0.136. The molecule has 20 heavy (non-hydrogen) atoms. The first-order valence-electron chi connectivity index (χ1n) is 7.03. The van der Waals surface area contributed by atoms with Crippen LogP contribution in [0.15, 0.2) is 30.5 Å². The molecule has 1 aromatic heterocycles. The van der Waals surface area contributed by atoms with Crippen LogP contribution in [0.1, 0.15) is 36.2 Å². The Bertz CT molecular complexity index is 563. The predicted molar refractivity (Wildman–Crippen MR) is 81.1 cm³/mol. The van der Waals surface area contributed by atoms with Crippen LogP contribution in [0, 0.1) is 6.92 Å². The van der Waals surface area contributed by atoms with Crippen LogP contribution < -0.4 is 10.1 Å². The number of aromatic nitrogens is 2. The first kappa shape index (κ1) is 14.6. The van der Waals surface area contributed by atoms with Crippen molar-refractivity contribution in [2.45, 2.75) is 26.3 Å². The van der Waals surface area contributed by atoms with E-state index in [0.717, 1.165) is 30.0 Å². The summed E-state index contributed by atoms with van der Waals surface area (Å²) in [7, 11) is 3.69. The van der Waals surface area contributed by atoms with E-state index in [1.54, 1.807) is 7.11 Å². The lowest BCUT2D eigenvalue weighted by atomic mass is 10.0. The van der Waals surface area contributed by atoms with E-state index in [-0.39, 0.29) is 6.04 Å². The molecule has 2 rings (SSSR count). The highest BCUT2D eigenvalue weighted by Crippen LogP contribution is 2.27. The van der Waals surface area contributed by atoms with Gasteiger partial charge in [-0.15, -0.1) is 0 Å². The van der Waals surface area contributed by atoms with Gasteiger partial charge in [-0.2, -0.15) is 5.10 Å². The van der Waals surface area contributed by atoms with E-state index in [1.807, 2.05) is 17.9 Å². The summed E-state index contributed by atoms with van der Waals surface area (Å²) in [6, 6.07) is 8.55. The molecule has 0 bridgehead atoms. The van der Waals surface area contributed by atoms with Gasteiger partial charge >= 0.3 is 0 Å². The number of ether oxygens (including phenoxy) is 1. The molecule has 108 valence electrons. The van der Waals surface area contributed by atoms with E-state index in [0.29, 0.717) is 0 Å². The van der Waals surface area contributed by atoms with Gasteiger partial charge in [-0.05, 0) is 43.1 Å². The maximum atomic E-state index is 5.44. The van der Waals surface area contributed by atoms with Gasteiger partial charge in [0.2, 0.25) is 0 Å². The van der Waals surface area contributed by atoms with E-state index in [9.17, 15) is 0 Å². The van der Waals surface area contributed by atoms with Crippen LogP contribution in [0.25, 0.3) is 0 Å². The molecule has 0 fully saturated rings. The summed E-state index contributed by atoms with van der Waals surface area (Å²) < 4.78 is 7.35. The number of benzene rings is 1. The number of nitrogens with one attached hydrogen (secondary N) is 1. The van der Waals surface area contributed by atoms with Gasteiger partial charge in [-0.25, -0.2) is 0 Å². The molecule has 4 nitrogen and oxygen atoms in total. The molecule has 0 saturated heterocycles. The molecule has 0 radical (unpaired) electrons. The van der Waals surface area contributed by atoms with Crippen molar-refractivity contribution < 1.29 is 4.74 Å². The standard InChI is InChI=1S/C16H23N3O/c1-5-9-17-16(14-8-10-18-19(14)3)13-7-6-12(2)15(11-13)20-4/h6-8,10-11,16-17H,5,9H2,1-4H3. The number of nitrogens with zero attached hydrogens (tertiary/aromatic N) is 2. The SMILES string of the molecule is CCCNC(c1ccc(C)c(OC)c1)c1ccnn1C. The number of hydrogen-bond acceptors (Lipinski definition) is 3. The van der Waals surface area contributed by atoms with Gasteiger partial charge in [0, 0.05) is 13.2 Å². The molecule has 1 heterocycles. The number of methoxy groups -OCH3 is 1. The average molecular weight is 273 g/mol. The zero-order valence-corrected chi connectivity index (χ0v) is 12.7. The molecule has 0 aliphatic carbocycles. The Morgan fingerprint density at radius 2 is 2.15 bits per heavy atom. The van der Waals surface area contributed by atoms with E-state index in [4.69, 9.17) is 4.74 Å². The van der Waals surface area contributed by atoms with Gasteiger partial charge in [-0.3, -0.25) is 4.68 Å². The minimum absolute atomic E-state index is 0.136. The third-order valence-corrected chi connectivity index (χ3v) is 3.52. The summed E-state index contributed by atoms with van der Waals surface area (Å²) in [5.41, 5.74) is 3.50. The Morgan fingerprint density at radius 1 is 1.35 bits per heavy atom. The van der Waals surface area contributed by atoms with Crippen molar-refractivity contribution in [2.75, 3.05) is 13.7 Å². The van der Waals surface area contributed by atoms with Crippen LogP contribution in [0.2, 0.25) is 0 Å². The van der Waals surface area contributed by atoms with Crippen molar-refractivity contribution in [3.05, 3.63) is 47.3 Å². The van der Waals surface area contributed by atoms with Crippen LogP contribution in [0.5, 0.6) is 5.75 Å². The minimum Gasteiger partial charge on any atom is -0.496 e. The summed E-state index contributed by atoms with van der Waals surface area (Å²) in [5, 5.41) is 7.86. The summed E-state index contributed by atoms with van der Waals surface area (Å²) in [4.78, 5) is 0. The third kappa shape index (κ3) is 3.02. The maximum absolute atomic E-state index is 5.44. The topological polar surface area (TPSA) is 39.1 Å². The Morgan fingerprint density at radius 3 is 2.75 bits per heavy atom.